The van der Waals surface area contributed by atoms with Crippen LogP contribution < -0.4 is 0 Å². The lowest BCUT2D eigenvalue weighted by Gasteiger charge is -2.19. The summed E-state index contributed by atoms with van der Waals surface area (Å²) in [4.78, 5) is 24.0. The van der Waals surface area contributed by atoms with E-state index in [0.717, 1.165) is 25.9 Å². The van der Waals surface area contributed by atoms with Crippen LogP contribution in [0, 0.1) is 0 Å². The van der Waals surface area contributed by atoms with Crippen LogP contribution in [0.5, 0.6) is 0 Å². The monoisotopic (exact) mass is 231 g/mol. The normalized spacial score (nSPS) is 17.8. The molecule has 0 aromatic rings. The molecule has 15 heavy (non-hydrogen) atoms. The highest BCUT2D eigenvalue weighted by Crippen LogP contribution is 2.17. The minimum Gasteiger partial charge on any atom is -0.481 e. The SMILES string of the molecule is CC(SCCC(=O)O)C(=O)N1CCCC1. The van der Waals surface area contributed by atoms with Crippen molar-refractivity contribution < 1.29 is 14.7 Å². The van der Waals surface area contributed by atoms with Crippen molar-refractivity contribution in [2.24, 2.45) is 0 Å². The summed E-state index contributed by atoms with van der Waals surface area (Å²) in [5.74, 6) is -0.137. The molecule has 1 fully saturated rings. The van der Waals surface area contributed by atoms with Crippen LogP contribution in [0.3, 0.4) is 0 Å². The summed E-state index contributed by atoms with van der Waals surface area (Å²) in [6, 6.07) is 0. The summed E-state index contributed by atoms with van der Waals surface area (Å²) in [5, 5.41) is 8.36. The topological polar surface area (TPSA) is 57.6 Å². The Bertz CT molecular complexity index is 239. The molecule has 1 unspecified atom stereocenters. The van der Waals surface area contributed by atoms with E-state index >= 15 is 0 Å². The lowest BCUT2D eigenvalue weighted by atomic mass is 10.4. The van der Waals surface area contributed by atoms with Crippen molar-refractivity contribution in [3.8, 4) is 0 Å². The molecule has 1 aliphatic rings. The van der Waals surface area contributed by atoms with Crippen LogP contribution in [0.4, 0.5) is 0 Å². The van der Waals surface area contributed by atoms with Gasteiger partial charge < -0.3 is 10.0 Å². The third-order valence-corrected chi connectivity index (χ3v) is 3.59. The molecule has 0 aliphatic carbocycles. The highest BCUT2D eigenvalue weighted by Gasteiger charge is 2.23. The number of thioether (sulfide) groups is 1. The first-order valence-electron chi connectivity index (χ1n) is 5.23. The van der Waals surface area contributed by atoms with E-state index in [9.17, 15) is 9.59 Å². The highest BCUT2D eigenvalue weighted by atomic mass is 32.2. The molecule has 1 heterocycles. The molecule has 0 aromatic heterocycles. The van der Waals surface area contributed by atoms with Gasteiger partial charge in [-0.25, -0.2) is 0 Å². The maximum absolute atomic E-state index is 11.8. The minimum absolute atomic E-state index is 0.109. The fraction of sp³-hybridized carbons (Fsp3) is 0.800. The van der Waals surface area contributed by atoms with Crippen molar-refractivity contribution in [1.29, 1.82) is 0 Å². The molecular weight excluding hydrogens is 214 g/mol. The van der Waals surface area contributed by atoms with Crippen molar-refractivity contribution in [3.05, 3.63) is 0 Å². The van der Waals surface area contributed by atoms with Crippen molar-refractivity contribution in [3.63, 3.8) is 0 Å². The Hall–Kier alpha value is -0.710. The van der Waals surface area contributed by atoms with Gasteiger partial charge in [-0.2, -0.15) is 0 Å². The van der Waals surface area contributed by atoms with Crippen molar-refractivity contribution in [2.75, 3.05) is 18.8 Å². The molecule has 4 nitrogen and oxygen atoms in total. The molecule has 5 heteroatoms. The van der Waals surface area contributed by atoms with Gasteiger partial charge in [-0.1, -0.05) is 0 Å². The lowest BCUT2D eigenvalue weighted by molar-refractivity contribution is -0.136. The summed E-state index contributed by atoms with van der Waals surface area (Å²) < 4.78 is 0. The number of hydrogen-bond acceptors (Lipinski definition) is 3. The summed E-state index contributed by atoms with van der Waals surface area (Å²) in [6.07, 6.45) is 2.32. The van der Waals surface area contributed by atoms with Crippen molar-refractivity contribution in [2.45, 2.75) is 31.4 Å². The first-order chi connectivity index (χ1) is 7.11. The van der Waals surface area contributed by atoms with Crippen molar-refractivity contribution >= 4 is 23.6 Å². The highest BCUT2D eigenvalue weighted by molar-refractivity contribution is 8.00. The van der Waals surface area contributed by atoms with Crippen LogP contribution in [0.1, 0.15) is 26.2 Å². The van der Waals surface area contributed by atoms with Gasteiger partial charge in [-0.3, -0.25) is 9.59 Å². The maximum Gasteiger partial charge on any atom is 0.304 e. The van der Waals surface area contributed by atoms with Crippen LogP contribution in [0.2, 0.25) is 0 Å². The molecule has 0 saturated carbocycles. The van der Waals surface area contributed by atoms with Gasteiger partial charge in [0, 0.05) is 18.8 Å². The predicted molar refractivity (Wildman–Crippen MR) is 60.0 cm³/mol. The number of aliphatic carboxylic acids is 1. The number of nitrogens with zero attached hydrogens (tertiary/aromatic N) is 1. The zero-order chi connectivity index (χ0) is 11.3. The second kappa shape index (κ2) is 6.00. The lowest BCUT2D eigenvalue weighted by Crippen LogP contribution is -2.34. The van der Waals surface area contributed by atoms with Gasteiger partial charge in [0.25, 0.3) is 0 Å². The van der Waals surface area contributed by atoms with E-state index in [4.69, 9.17) is 5.11 Å². The third-order valence-electron chi connectivity index (χ3n) is 2.45. The van der Waals surface area contributed by atoms with Gasteiger partial charge in [0.15, 0.2) is 0 Å². The van der Waals surface area contributed by atoms with E-state index in [1.807, 2.05) is 11.8 Å². The van der Waals surface area contributed by atoms with E-state index in [0.29, 0.717) is 5.75 Å². The van der Waals surface area contributed by atoms with Crippen molar-refractivity contribution in [1.82, 2.24) is 4.90 Å². The van der Waals surface area contributed by atoms with Crippen LogP contribution in [-0.2, 0) is 9.59 Å². The first kappa shape index (κ1) is 12.4. The van der Waals surface area contributed by atoms with Gasteiger partial charge in [-0.05, 0) is 19.8 Å². The Morgan fingerprint density at radius 3 is 2.53 bits per heavy atom. The molecule has 0 aromatic carbocycles. The predicted octanol–water partition coefficient (Wildman–Crippen LogP) is 1.21. The van der Waals surface area contributed by atoms with Crippen LogP contribution >= 0.6 is 11.8 Å². The number of rotatable bonds is 5. The average Bonchev–Trinajstić information content (AvgIpc) is 2.68. The van der Waals surface area contributed by atoms with E-state index in [-0.39, 0.29) is 17.6 Å². The molecule has 0 spiro atoms. The zero-order valence-corrected chi connectivity index (χ0v) is 9.76. The number of likely N-dealkylation sites (tertiary alicyclic amines) is 1. The third kappa shape index (κ3) is 4.11. The number of carboxylic acid groups (broad SMARTS) is 1. The fourth-order valence-electron chi connectivity index (χ4n) is 1.59. The minimum atomic E-state index is -0.802. The summed E-state index contributed by atoms with van der Waals surface area (Å²) in [5.41, 5.74) is 0. The number of amides is 1. The van der Waals surface area contributed by atoms with E-state index in [1.54, 1.807) is 0 Å². The van der Waals surface area contributed by atoms with Crippen LogP contribution in [0.15, 0.2) is 0 Å². The first-order valence-corrected chi connectivity index (χ1v) is 6.28. The maximum atomic E-state index is 11.8. The molecular formula is C10H17NO3S. The second-order valence-corrected chi connectivity index (χ2v) is 5.14. The Labute approximate surface area is 94.0 Å². The molecule has 0 bridgehead atoms. The standard InChI is InChI=1S/C10H17NO3S/c1-8(15-7-4-9(12)13)10(14)11-5-2-3-6-11/h8H,2-7H2,1H3,(H,12,13). The van der Waals surface area contributed by atoms with E-state index in [2.05, 4.69) is 0 Å². The number of carbonyl (C=O) groups excluding carboxylic acids is 1. The second-order valence-electron chi connectivity index (χ2n) is 3.69. The quantitative estimate of drug-likeness (QED) is 0.772. The number of carboxylic acids is 1. The number of carbonyl (C=O) groups is 2. The van der Waals surface area contributed by atoms with Gasteiger partial charge in [0.1, 0.15) is 0 Å². The Morgan fingerprint density at radius 2 is 2.00 bits per heavy atom. The van der Waals surface area contributed by atoms with E-state index < -0.39 is 5.97 Å². The molecule has 1 atom stereocenters. The summed E-state index contributed by atoms with van der Waals surface area (Å²) in [6.45, 7) is 3.58. The van der Waals surface area contributed by atoms with Gasteiger partial charge in [0.05, 0.1) is 11.7 Å². The van der Waals surface area contributed by atoms with Crippen LogP contribution in [0.25, 0.3) is 0 Å². The van der Waals surface area contributed by atoms with Gasteiger partial charge in [0.2, 0.25) is 5.91 Å². The van der Waals surface area contributed by atoms with E-state index in [1.165, 1.54) is 11.8 Å². The molecule has 1 amide bonds. The van der Waals surface area contributed by atoms with Gasteiger partial charge >= 0.3 is 5.97 Å². The fourth-order valence-corrected chi connectivity index (χ4v) is 2.53. The Morgan fingerprint density at radius 1 is 1.40 bits per heavy atom. The molecule has 1 saturated heterocycles. The molecule has 1 N–H and O–H groups in total. The summed E-state index contributed by atoms with van der Waals surface area (Å²) >= 11 is 1.43. The Kier molecular flexibility index (Phi) is 4.94. The Balaban J connectivity index is 2.23. The smallest absolute Gasteiger partial charge is 0.304 e. The number of hydrogen-bond donors (Lipinski definition) is 1. The average molecular weight is 231 g/mol. The molecule has 1 rings (SSSR count). The molecule has 0 radical (unpaired) electrons. The summed E-state index contributed by atoms with van der Waals surface area (Å²) in [7, 11) is 0. The molecule has 1 aliphatic heterocycles. The zero-order valence-electron chi connectivity index (χ0n) is 8.94. The van der Waals surface area contributed by atoms with Crippen LogP contribution in [-0.4, -0.2) is 46.0 Å². The molecule has 86 valence electrons. The van der Waals surface area contributed by atoms with Gasteiger partial charge in [-0.15, -0.1) is 11.8 Å². The largest absolute Gasteiger partial charge is 0.481 e.